The number of hydrogen-bond donors (Lipinski definition) is 1. The molecule has 0 aromatic heterocycles. The minimum absolute atomic E-state index is 0.174. The Labute approximate surface area is 244 Å². The number of amides is 2. The lowest BCUT2D eigenvalue weighted by Crippen LogP contribution is -2.56. The molecule has 0 aliphatic carbocycles. The fraction of sp³-hybridized carbons (Fsp3) is 0.444. The highest BCUT2D eigenvalue weighted by Gasteiger charge is 2.46. The van der Waals surface area contributed by atoms with Gasteiger partial charge in [0.2, 0.25) is 0 Å². The Morgan fingerprint density at radius 3 is 2.17 bits per heavy atom. The largest absolute Gasteiger partial charge is 0.461 e. The Hall–Kier alpha value is -2.80. The van der Waals surface area contributed by atoms with Crippen molar-refractivity contribution in [2.75, 3.05) is 19.8 Å². The van der Waals surface area contributed by atoms with Gasteiger partial charge in [-0.15, -0.1) is 11.8 Å². The van der Waals surface area contributed by atoms with Gasteiger partial charge in [-0.2, -0.15) is 0 Å². The zero-order chi connectivity index (χ0) is 29.8. The summed E-state index contributed by atoms with van der Waals surface area (Å²) in [7, 11) is -1.43. The number of hydrogen-bond acceptors (Lipinski definition) is 9. The molecule has 0 unspecified atom stereocenters. The highest BCUT2D eigenvalue weighted by molar-refractivity contribution is 8.01. The van der Waals surface area contributed by atoms with E-state index in [4.69, 9.17) is 21.1 Å². The normalized spacial score (nSPS) is 17.2. The topological polar surface area (TPSA) is 122 Å². The average molecular weight is 612 g/mol. The molecule has 10 nitrogen and oxygen atoms in total. The maximum absolute atomic E-state index is 14.0. The fourth-order valence-corrected chi connectivity index (χ4v) is 6.88. The van der Waals surface area contributed by atoms with Crippen molar-refractivity contribution in [3.05, 3.63) is 59.1 Å². The van der Waals surface area contributed by atoms with Gasteiger partial charge in [0.25, 0.3) is 15.9 Å². The van der Waals surface area contributed by atoms with Gasteiger partial charge in [0.05, 0.1) is 11.0 Å². The first kappa shape index (κ1) is 31.7. The van der Waals surface area contributed by atoms with Crippen molar-refractivity contribution in [1.29, 1.82) is 0 Å². The molecule has 40 heavy (non-hydrogen) atoms. The van der Waals surface area contributed by atoms with Crippen LogP contribution in [0.15, 0.2) is 53.4 Å². The van der Waals surface area contributed by atoms with Crippen LogP contribution in [0.2, 0.25) is 5.02 Å². The number of sulfonamides is 1. The van der Waals surface area contributed by atoms with Gasteiger partial charge in [-0.25, -0.2) is 22.3 Å². The first-order valence-electron chi connectivity index (χ1n) is 12.5. The van der Waals surface area contributed by atoms with Crippen LogP contribution in [0, 0.1) is 0 Å². The van der Waals surface area contributed by atoms with Gasteiger partial charge in [-0.05, 0) is 69.7 Å². The summed E-state index contributed by atoms with van der Waals surface area (Å²) in [4.78, 5) is 40.4. The third kappa shape index (κ3) is 7.90. The average Bonchev–Trinajstić information content (AvgIpc) is 3.23. The van der Waals surface area contributed by atoms with E-state index in [1.165, 1.54) is 53.1 Å². The highest BCUT2D eigenvalue weighted by atomic mass is 35.5. The van der Waals surface area contributed by atoms with Crippen LogP contribution in [0.5, 0.6) is 5.75 Å². The molecule has 0 saturated carbocycles. The predicted octanol–water partition coefficient (Wildman–Crippen LogP) is 3.92. The second kappa shape index (κ2) is 12.8. The van der Waals surface area contributed by atoms with Crippen LogP contribution >= 0.6 is 23.4 Å². The second-order valence-corrected chi connectivity index (χ2v) is 13.8. The molecule has 2 amide bonds. The first-order chi connectivity index (χ1) is 18.6. The molecule has 2 aromatic carbocycles. The van der Waals surface area contributed by atoms with Crippen molar-refractivity contribution in [1.82, 2.24) is 14.5 Å². The van der Waals surface area contributed by atoms with E-state index in [0.29, 0.717) is 20.6 Å². The number of carbonyl (C=O) groups excluding carboxylic acids is 3. The zero-order valence-electron chi connectivity index (χ0n) is 23.2. The predicted molar refractivity (Wildman–Crippen MR) is 154 cm³/mol. The lowest BCUT2D eigenvalue weighted by Gasteiger charge is -2.32. The van der Waals surface area contributed by atoms with E-state index in [1.54, 1.807) is 40.1 Å². The summed E-state index contributed by atoms with van der Waals surface area (Å²) in [6.07, 6.45) is -1.30. The van der Waals surface area contributed by atoms with Crippen molar-refractivity contribution >= 4 is 51.4 Å². The number of halogens is 1. The summed E-state index contributed by atoms with van der Waals surface area (Å²) in [5.41, 5.74) is 0.0980. The van der Waals surface area contributed by atoms with E-state index >= 15 is 0 Å². The number of benzene rings is 2. The number of nitrogens with one attached hydrogen (secondary N) is 1. The monoisotopic (exact) mass is 611 g/mol. The molecule has 3 rings (SSSR count). The number of nitrogens with zero attached hydrogens (tertiary/aromatic N) is 2. The Balaban J connectivity index is 2.06. The number of ether oxygens (including phenoxy) is 2. The second-order valence-electron chi connectivity index (χ2n) is 10.4. The maximum atomic E-state index is 14.0. The highest BCUT2D eigenvalue weighted by Crippen LogP contribution is 2.31. The molecule has 218 valence electrons. The summed E-state index contributed by atoms with van der Waals surface area (Å²) in [5.74, 6) is -0.828. The molecule has 1 N–H and O–H groups in total. The SMILES string of the molecule is CC(C)OC(=O)[C@H](Cc1ccc(OC(=O)N(C)C)cc1)N(C(=O)[C@H]1NC(C)(C)CS1)S(=O)(=O)c1ccc(Cl)cc1. The van der Waals surface area contributed by atoms with Crippen LogP contribution in [-0.4, -0.2) is 78.5 Å². The lowest BCUT2D eigenvalue weighted by molar-refractivity contribution is -0.155. The summed E-state index contributed by atoms with van der Waals surface area (Å²) >= 11 is 7.25. The van der Waals surface area contributed by atoms with Crippen LogP contribution in [-0.2, 0) is 30.8 Å². The molecule has 1 aliphatic rings. The molecule has 1 aliphatic heterocycles. The van der Waals surface area contributed by atoms with Crippen molar-refractivity contribution < 1.29 is 32.3 Å². The van der Waals surface area contributed by atoms with Crippen molar-refractivity contribution in [3.63, 3.8) is 0 Å². The quantitative estimate of drug-likeness (QED) is 0.420. The number of thioether (sulfide) groups is 1. The minimum atomic E-state index is -4.53. The molecular weight excluding hydrogens is 578 g/mol. The van der Waals surface area contributed by atoms with E-state index in [1.807, 2.05) is 13.8 Å². The van der Waals surface area contributed by atoms with Gasteiger partial charge in [-0.1, -0.05) is 23.7 Å². The van der Waals surface area contributed by atoms with Gasteiger partial charge >= 0.3 is 12.1 Å². The smallest absolute Gasteiger partial charge is 0.414 e. The first-order valence-corrected chi connectivity index (χ1v) is 15.4. The van der Waals surface area contributed by atoms with Gasteiger partial charge in [0.1, 0.15) is 17.2 Å². The zero-order valence-corrected chi connectivity index (χ0v) is 25.6. The molecule has 0 spiro atoms. The Morgan fingerprint density at radius 2 is 1.68 bits per heavy atom. The van der Waals surface area contributed by atoms with Gasteiger partial charge in [0.15, 0.2) is 0 Å². The van der Waals surface area contributed by atoms with Crippen LogP contribution < -0.4 is 10.1 Å². The Bertz CT molecular complexity index is 1330. The third-order valence-electron chi connectivity index (χ3n) is 5.77. The lowest BCUT2D eigenvalue weighted by atomic mass is 10.1. The Morgan fingerprint density at radius 1 is 1.07 bits per heavy atom. The van der Waals surface area contributed by atoms with E-state index in [0.717, 1.165) is 0 Å². The molecule has 2 aromatic rings. The fourth-order valence-electron chi connectivity index (χ4n) is 3.82. The van der Waals surface area contributed by atoms with Crippen LogP contribution in [0.1, 0.15) is 33.3 Å². The van der Waals surface area contributed by atoms with Crippen molar-refractivity contribution in [3.8, 4) is 5.75 Å². The van der Waals surface area contributed by atoms with Gasteiger partial charge < -0.3 is 14.4 Å². The summed E-state index contributed by atoms with van der Waals surface area (Å²) < 4.78 is 39.4. The molecule has 1 saturated heterocycles. The molecule has 13 heteroatoms. The molecule has 2 atom stereocenters. The van der Waals surface area contributed by atoms with E-state index < -0.39 is 51.1 Å². The van der Waals surface area contributed by atoms with E-state index in [2.05, 4.69) is 5.32 Å². The summed E-state index contributed by atoms with van der Waals surface area (Å²) in [6, 6.07) is 10.1. The van der Waals surface area contributed by atoms with Crippen LogP contribution in [0.3, 0.4) is 0 Å². The van der Waals surface area contributed by atoms with Crippen molar-refractivity contribution in [2.45, 2.75) is 62.1 Å². The summed E-state index contributed by atoms with van der Waals surface area (Å²) in [5, 5.41) is 2.57. The molecule has 1 fully saturated rings. The van der Waals surface area contributed by atoms with E-state index in [-0.39, 0.29) is 17.1 Å². The van der Waals surface area contributed by atoms with Gasteiger partial charge in [0, 0.05) is 36.8 Å². The summed E-state index contributed by atoms with van der Waals surface area (Å²) in [6.45, 7) is 7.08. The molecule has 0 bridgehead atoms. The van der Waals surface area contributed by atoms with Crippen LogP contribution in [0.25, 0.3) is 0 Å². The third-order valence-corrected chi connectivity index (χ3v) is 9.39. The number of esters is 1. The minimum Gasteiger partial charge on any atom is -0.461 e. The molecular formula is C27H34ClN3O7S2. The van der Waals surface area contributed by atoms with Crippen molar-refractivity contribution in [2.24, 2.45) is 0 Å². The number of carbonyl (C=O) groups is 3. The number of rotatable bonds is 9. The van der Waals surface area contributed by atoms with E-state index in [9.17, 15) is 22.8 Å². The standard InChI is InChI=1S/C27H34ClN3O7S2/c1-17(2)37-25(33)22(15-18-7-11-20(12-8-18)38-26(34)30(5)6)31(24(32)23-29-27(3,4)16-39-23)40(35,36)21-13-9-19(28)10-14-21/h7-14,17,22-23,29H,15-16H2,1-6H3/t22-,23-/m0/s1. The maximum Gasteiger partial charge on any atom is 0.414 e. The molecule has 0 radical (unpaired) electrons. The van der Waals surface area contributed by atoms with Crippen LogP contribution in [0.4, 0.5) is 4.79 Å². The Kier molecular flexibility index (Phi) is 10.2. The molecule has 1 heterocycles. The van der Waals surface area contributed by atoms with Gasteiger partial charge in [-0.3, -0.25) is 10.1 Å².